The molecule has 0 heterocycles. The van der Waals surface area contributed by atoms with Crippen LogP contribution in [0.15, 0.2) is 70.8 Å². The van der Waals surface area contributed by atoms with E-state index >= 15 is 0 Å². The van der Waals surface area contributed by atoms with Gasteiger partial charge < -0.3 is 0 Å². The Morgan fingerprint density at radius 1 is 1.24 bits per heavy atom. The smallest absolute Gasteiger partial charge is 0.0135 e. The van der Waals surface area contributed by atoms with Crippen molar-refractivity contribution in [2.75, 3.05) is 0 Å². The molecule has 90 valence electrons. The minimum Gasteiger partial charge on any atom is -0.0912 e. The van der Waals surface area contributed by atoms with Crippen molar-refractivity contribution >= 4 is 15.9 Å². The van der Waals surface area contributed by atoms with Crippen LogP contribution in [0.5, 0.6) is 0 Å². The Morgan fingerprint density at radius 2 is 2.00 bits per heavy atom. The predicted octanol–water partition coefficient (Wildman–Crippen LogP) is 5.62. The molecule has 0 amide bonds. The largest absolute Gasteiger partial charge is 0.0912 e. The highest BCUT2D eigenvalue weighted by atomic mass is 79.9. The number of rotatable bonds is 3. The molecular weight excluding hydrogens is 272 g/mol. The lowest BCUT2D eigenvalue weighted by molar-refractivity contribution is 0.866. The maximum atomic E-state index is 4.10. The monoisotopic (exact) mass is 290 g/mol. The summed E-state index contributed by atoms with van der Waals surface area (Å²) in [6.07, 6.45) is 20.2. The number of allylic oxidation sites excluding steroid dienone is 11. The van der Waals surface area contributed by atoms with Gasteiger partial charge in [-0.25, -0.2) is 0 Å². The van der Waals surface area contributed by atoms with E-state index in [-0.39, 0.29) is 0 Å². The van der Waals surface area contributed by atoms with Crippen LogP contribution >= 0.6 is 15.9 Å². The fourth-order valence-corrected chi connectivity index (χ4v) is 1.90. The van der Waals surface area contributed by atoms with Crippen LogP contribution in [0.3, 0.4) is 0 Å². The molecule has 1 heteroatoms. The van der Waals surface area contributed by atoms with E-state index < -0.39 is 0 Å². The number of halogens is 1. The van der Waals surface area contributed by atoms with Crippen molar-refractivity contribution in [2.24, 2.45) is 0 Å². The van der Waals surface area contributed by atoms with Crippen molar-refractivity contribution in [2.45, 2.75) is 26.2 Å². The normalized spacial score (nSPS) is 20.6. The Kier molecular flexibility index (Phi) is 6.64. The van der Waals surface area contributed by atoms with Crippen LogP contribution in [0.1, 0.15) is 26.2 Å². The van der Waals surface area contributed by atoms with Gasteiger partial charge in [-0.1, -0.05) is 65.0 Å². The van der Waals surface area contributed by atoms with E-state index in [1.807, 2.05) is 31.2 Å². The zero-order valence-corrected chi connectivity index (χ0v) is 11.9. The Morgan fingerprint density at radius 3 is 2.76 bits per heavy atom. The Balaban J connectivity index is 2.79. The molecule has 1 rings (SSSR count). The van der Waals surface area contributed by atoms with Crippen LogP contribution in [-0.4, -0.2) is 0 Å². The van der Waals surface area contributed by atoms with Crippen molar-refractivity contribution in [3.8, 4) is 0 Å². The van der Waals surface area contributed by atoms with E-state index in [2.05, 4.69) is 46.8 Å². The van der Waals surface area contributed by atoms with Crippen LogP contribution in [0, 0.1) is 0 Å². The maximum Gasteiger partial charge on any atom is 0.0135 e. The molecule has 0 saturated carbocycles. The van der Waals surface area contributed by atoms with Crippen molar-refractivity contribution in [1.82, 2.24) is 0 Å². The Bertz CT molecular complexity index is 403. The molecule has 0 atom stereocenters. The third-order valence-electron chi connectivity index (χ3n) is 2.51. The van der Waals surface area contributed by atoms with Crippen LogP contribution in [-0.2, 0) is 0 Å². The average molecular weight is 291 g/mol. The molecule has 0 radical (unpaired) electrons. The first-order valence-electron chi connectivity index (χ1n) is 5.96. The second-order valence-corrected chi connectivity index (χ2v) is 4.84. The molecule has 0 unspecified atom stereocenters. The minimum absolute atomic E-state index is 1.06. The highest BCUT2D eigenvalue weighted by Crippen LogP contribution is 2.19. The molecule has 1 aliphatic carbocycles. The van der Waals surface area contributed by atoms with Crippen LogP contribution in [0.4, 0.5) is 0 Å². The fourth-order valence-electron chi connectivity index (χ4n) is 1.54. The van der Waals surface area contributed by atoms with Crippen LogP contribution in [0.2, 0.25) is 0 Å². The Labute approximate surface area is 113 Å². The van der Waals surface area contributed by atoms with Crippen molar-refractivity contribution in [3.05, 3.63) is 70.8 Å². The summed E-state index contributed by atoms with van der Waals surface area (Å²) in [7, 11) is 0. The molecule has 0 aromatic heterocycles. The summed E-state index contributed by atoms with van der Waals surface area (Å²) in [4.78, 5) is 0. The van der Waals surface area contributed by atoms with Gasteiger partial charge in [-0.3, -0.25) is 0 Å². The van der Waals surface area contributed by atoms with Gasteiger partial charge in [0.1, 0.15) is 0 Å². The maximum absolute atomic E-state index is 4.10. The lowest BCUT2D eigenvalue weighted by Gasteiger charge is -2.01. The molecule has 0 aliphatic heterocycles. The first kappa shape index (κ1) is 14.0. The second-order valence-electron chi connectivity index (χ2n) is 3.92. The van der Waals surface area contributed by atoms with Gasteiger partial charge in [0.25, 0.3) is 0 Å². The van der Waals surface area contributed by atoms with E-state index in [9.17, 15) is 0 Å². The third kappa shape index (κ3) is 5.69. The third-order valence-corrected chi connectivity index (χ3v) is 3.09. The molecule has 0 aromatic carbocycles. The molecule has 1 aliphatic rings. The zero-order chi connectivity index (χ0) is 12.5. The number of hydrogen-bond donors (Lipinski definition) is 0. The summed E-state index contributed by atoms with van der Waals surface area (Å²) < 4.78 is 1.15. The van der Waals surface area contributed by atoms with Gasteiger partial charge in [-0.05, 0) is 43.4 Å². The summed E-state index contributed by atoms with van der Waals surface area (Å²) in [5.41, 5.74) is 2.26. The van der Waals surface area contributed by atoms with Crippen LogP contribution in [0.25, 0.3) is 0 Å². The number of hydrogen-bond acceptors (Lipinski definition) is 0. The van der Waals surface area contributed by atoms with E-state index in [0.717, 1.165) is 22.9 Å². The molecule has 0 nitrogen and oxygen atoms in total. The second kappa shape index (κ2) is 8.08. The first-order valence-corrected chi connectivity index (χ1v) is 6.76. The summed E-state index contributed by atoms with van der Waals surface area (Å²) in [5, 5.41) is 0. The summed E-state index contributed by atoms with van der Waals surface area (Å²) in [6.45, 7) is 6.11. The molecular formula is C16H19Br. The lowest BCUT2D eigenvalue weighted by atomic mass is 10.0. The fraction of sp³-hybridized carbons (Fsp3) is 0.250. The summed E-state index contributed by atoms with van der Waals surface area (Å²) >= 11 is 3.54. The van der Waals surface area contributed by atoms with Gasteiger partial charge in [0.05, 0.1) is 0 Å². The highest BCUT2D eigenvalue weighted by Gasteiger charge is 1.98. The zero-order valence-electron chi connectivity index (χ0n) is 10.3. The SMILES string of the molecule is C=C(/C=C\C=C/C)C1=CCCC/C=C(\Br)C=C1. The summed E-state index contributed by atoms with van der Waals surface area (Å²) in [5.74, 6) is 0. The van der Waals surface area contributed by atoms with Gasteiger partial charge in [-0.15, -0.1) is 0 Å². The molecule has 0 N–H and O–H groups in total. The molecule has 0 bridgehead atoms. The van der Waals surface area contributed by atoms with Crippen LogP contribution < -0.4 is 0 Å². The molecule has 0 spiro atoms. The summed E-state index contributed by atoms with van der Waals surface area (Å²) in [6, 6.07) is 0. The van der Waals surface area contributed by atoms with Gasteiger partial charge >= 0.3 is 0 Å². The van der Waals surface area contributed by atoms with Crippen molar-refractivity contribution in [1.29, 1.82) is 0 Å². The molecule has 0 fully saturated rings. The first-order chi connectivity index (χ1) is 8.24. The quantitative estimate of drug-likeness (QED) is 0.592. The predicted molar refractivity (Wildman–Crippen MR) is 81.2 cm³/mol. The highest BCUT2D eigenvalue weighted by molar-refractivity contribution is 9.11. The topological polar surface area (TPSA) is 0 Å². The molecule has 0 saturated heterocycles. The van der Waals surface area contributed by atoms with E-state index in [4.69, 9.17) is 0 Å². The van der Waals surface area contributed by atoms with Crippen molar-refractivity contribution in [3.63, 3.8) is 0 Å². The average Bonchev–Trinajstić information content (AvgIpc) is 2.42. The van der Waals surface area contributed by atoms with E-state index in [0.29, 0.717) is 0 Å². The van der Waals surface area contributed by atoms with Crippen molar-refractivity contribution < 1.29 is 0 Å². The van der Waals surface area contributed by atoms with Gasteiger partial charge in [0, 0.05) is 4.48 Å². The van der Waals surface area contributed by atoms with Gasteiger partial charge in [-0.2, -0.15) is 0 Å². The van der Waals surface area contributed by atoms with E-state index in [1.54, 1.807) is 0 Å². The molecule has 17 heavy (non-hydrogen) atoms. The minimum atomic E-state index is 1.06. The lowest BCUT2D eigenvalue weighted by Crippen LogP contribution is -1.81. The van der Waals surface area contributed by atoms with Gasteiger partial charge in [0.2, 0.25) is 0 Å². The van der Waals surface area contributed by atoms with Gasteiger partial charge in [0.15, 0.2) is 0 Å². The standard InChI is InChI=1S/C16H19Br/c1-3-4-6-9-14(2)15-10-7-5-8-11-16(17)13-12-15/h3-4,6,9-13H,2,5,7-8H2,1H3/b4-3-,9-6-,13-12?,15-10?,16-11-. The Hall–Kier alpha value is -1.08. The van der Waals surface area contributed by atoms with E-state index in [1.165, 1.54) is 12.0 Å². The molecule has 0 aromatic rings.